The Morgan fingerprint density at radius 3 is 2.54 bits per heavy atom. The van der Waals surface area contributed by atoms with Crippen molar-refractivity contribution in [2.24, 2.45) is 17.8 Å². The molecule has 3 atom stereocenters. The molecule has 78 valence electrons. The summed E-state index contributed by atoms with van der Waals surface area (Å²) in [6.45, 7) is 6.52. The van der Waals surface area contributed by atoms with Gasteiger partial charge in [-0.15, -0.1) is 0 Å². The van der Waals surface area contributed by atoms with Crippen LogP contribution in [0, 0.1) is 17.8 Å². The van der Waals surface area contributed by atoms with Crippen LogP contribution in [0.1, 0.15) is 52.9 Å². The Labute approximate surface area is 82.5 Å². The van der Waals surface area contributed by atoms with Gasteiger partial charge < -0.3 is 5.11 Å². The molecule has 0 saturated heterocycles. The van der Waals surface area contributed by atoms with Crippen LogP contribution in [0.5, 0.6) is 0 Å². The summed E-state index contributed by atoms with van der Waals surface area (Å²) in [5, 5.41) is 9.96. The molecule has 0 aromatic rings. The van der Waals surface area contributed by atoms with Gasteiger partial charge in [-0.3, -0.25) is 0 Å². The Balaban J connectivity index is 2.41. The fourth-order valence-electron chi connectivity index (χ4n) is 2.56. The van der Waals surface area contributed by atoms with Gasteiger partial charge in [0.1, 0.15) is 0 Å². The molecule has 1 aliphatic carbocycles. The van der Waals surface area contributed by atoms with E-state index < -0.39 is 0 Å². The molecule has 1 rings (SSSR count). The van der Waals surface area contributed by atoms with Crippen molar-refractivity contribution in [3.63, 3.8) is 0 Å². The second-order valence-electron chi connectivity index (χ2n) is 4.94. The number of aliphatic hydroxyl groups is 1. The number of hydrogen-bond acceptors (Lipinski definition) is 1. The summed E-state index contributed by atoms with van der Waals surface area (Å²) in [5.41, 5.74) is 0. The van der Waals surface area contributed by atoms with Gasteiger partial charge in [0, 0.05) is 0 Å². The van der Waals surface area contributed by atoms with Crippen LogP contribution in [0.25, 0.3) is 0 Å². The van der Waals surface area contributed by atoms with Crippen LogP contribution in [-0.4, -0.2) is 11.2 Å². The molecule has 1 fully saturated rings. The highest BCUT2D eigenvalue weighted by atomic mass is 16.3. The molecule has 1 saturated carbocycles. The lowest BCUT2D eigenvalue weighted by Crippen LogP contribution is -2.30. The van der Waals surface area contributed by atoms with Crippen molar-refractivity contribution < 1.29 is 5.11 Å². The SMILES string of the molecule is CCC1CCCC(C(O)C(C)C)C1. The van der Waals surface area contributed by atoms with Crippen molar-refractivity contribution in [3.8, 4) is 0 Å². The van der Waals surface area contributed by atoms with E-state index in [1.807, 2.05) is 0 Å². The van der Waals surface area contributed by atoms with E-state index in [0.29, 0.717) is 11.8 Å². The minimum atomic E-state index is -0.0608. The van der Waals surface area contributed by atoms with Crippen molar-refractivity contribution in [2.75, 3.05) is 0 Å². The quantitative estimate of drug-likeness (QED) is 0.714. The third-order valence-electron chi connectivity index (χ3n) is 3.57. The highest BCUT2D eigenvalue weighted by Crippen LogP contribution is 2.34. The summed E-state index contributed by atoms with van der Waals surface area (Å²) < 4.78 is 0. The summed E-state index contributed by atoms with van der Waals surface area (Å²) in [6, 6.07) is 0. The fourth-order valence-corrected chi connectivity index (χ4v) is 2.56. The molecule has 0 aromatic carbocycles. The first kappa shape index (κ1) is 11.0. The first-order valence-electron chi connectivity index (χ1n) is 5.83. The van der Waals surface area contributed by atoms with Crippen molar-refractivity contribution in [3.05, 3.63) is 0 Å². The molecule has 0 aliphatic heterocycles. The fraction of sp³-hybridized carbons (Fsp3) is 1.00. The monoisotopic (exact) mass is 184 g/mol. The Hall–Kier alpha value is -0.0400. The third-order valence-corrected chi connectivity index (χ3v) is 3.57. The van der Waals surface area contributed by atoms with Gasteiger partial charge in [-0.1, -0.05) is 40.0 Å². The normalized spacial score (nSPS) is 32.1. The lowest BCUT2D eigenvalue weighted by Gasteiger charge is -2.33. The average Bonchev–Trinajstić information content (AvgIpc) is 2.16. The molecule has 0 amide bonds. The zero-order valence-corrected chi connectivity index (χ0v) is 9.29. The highest BCUT2D eigenvalue weighted by Gasteiger charge is 2.27. The first-order chi connectivity index (χ1) is 6.15. The van der Waals surface area contributed by atoms with Gasteiger partial charge in [-0.25, -0.2) is 0 Å². The van der Waals surface area contributed by atoms with Crippen LogP contribution in [0.2, 0.25) is 0 Å². The van der Waals surface area contributed by atoms with E-state index in [1.165, 1.54) is 32.1 Å². The van der Waals surface area contributed by atoms with E-state index in [2.05, 4.69) is 20.8 Å². The van der Waals surface area contributed by atoms with E-state index in [-0.39, 0.29) is 6.10 Å². The lowest BCUT2D eigenvalue weighted by atomic mass is 9.75. The van der Waals surface area contributed by atoms with Crippen molar-refractivity contribution in [1.82, 2.24) is 0 Å². The maximum Gasteiger partial charge on any atom is 0.0591 e. The lowest BCUT2D eigenvalue weighted by molar-refractivity contribution is 0.0336. The zero-order valence-electron chi connectivity index (χ0n) is 9.29. The molecule has 1 N–H and O–H groups in total. The number of hydrogen-bond donors (Lipinski definition) is 1. The maximum atomic E-state index is 9.96. The van der Waals surface area contributed by atoms with E-state index in [9.17, 15) is 5.11 Å². The minimum absolute atomic E-state index is 0.0608. The molecular weight excluding hydrogens is 160 g/mol. The van der Waals surface area contributed by atoms with E-state index in [4.69, 9.17) is 0 Å². The van der Waals surface area contributed by atoms with Crippen molar-refractivity contribution in [2.45, 2.75) is 59.0 Å². The summed E-state index contributed by atoms with van der Waals surface area (Å²) in [5.74, 6) is 1.89. The Kier molecular flexibility index (Phi) is 4.24. The molecule has 1 aliphatic rings. The van der Waals surface area contributed by atoms with Crippen LogP contribution >= 0.6 is 0 Å². The zero-order chi connectivity index (χ0) is 9.84. The van der Waals surface area contributed by atoms with Gasteiger partial charge in [0.15, 0.2) is 0 Å². The summed E-state index contributed by atoms with van der Waals surface area (Å²) in [6.07, 6.45) is 6.45. The molecule has 0 spiro atoms. The van der Waals surface area contributed by atoms with Gasteiger partial charge in [0.05, 0.1) is 6.10 Å². The molecule has 0 bridgehead atoms. The highest BCUT2D eigenvalue weighted by molar-refractivity contribution is 4.79. The van der Waals surface area contributed by atoms with Crippen molar-refractivity contribution >= 4 is 0 Å². The molecule has 13 heavy (non-hydrogen) atoms. The van der Waals surface area contributed by atoms with Crippen LogP contribution in [0.15, 0.2) is 0 Å². The van der Waals surface area contributed by atoms with Crippen LogP contribution in [0.3, 0.4) is 0 Å². The average molecular weight is 184 g/mol. The summed E-state index contributed by atoms with van der Waals surface area (Å²) in [4.78, 5) is 0. The van der Waals surface area contributed by atoms with E-state index >= 15 is 0 Å². The Morgan fingerprint density at radius 2 is 2.00 bits per heavy atom. The van der Waals surface area contributed by atoms with Crippen LogP contribution in [-0.2, 0) is 0 Å². The molecule has 0 heterocycles. The smallest absolute Gasteiger partial charge is 0.0591 e. The third kappa shape index (κ3) is 2.98. The molecule has 0 radical (unpaired) electrons. The van der Waals surface area contributed by atoms with Crippen LogP contribution in [0.4, 0.5) is 0 Å². The molecule has 3 unspecified atom stereocenters. The molecular formula is C12H24O. The van der Waals surface area contributed by atoms with Crippen LogP contribution < -0.4 is 0 Å². The Bertz CT molecular complexity index is 142. The molecule has 1 heteroatoms. The van der Waals surface area contributed by atoms with Gasteiger partial charge in [-0.05, 0) is 30.6 Å². The van der Waals surface area contributed by atoms with Gasteiger partial charge in [0.2, 0.25) is 0 Å². The summed E-state index contributed by atoms with van der Waals surface area (Å²) in [7, 11) is 0. The predicted molar refractivity (Wildman–Crippen MR) is 56.6 cm³/mol. The van der Waals surface area contributed by atoms with Gasteiger partial charge >= 0.3 is 0 Å². The summed E-state index contributed by atoms with van der Waals surface area (Å²) >= 11 is 0. The predicted octanol–water partition coefficient (Wildman–Crippen LogP) is 3.22. The molecule has 0 aromatic heterocycles. The topological polar surface area (TPSA) is 20.2 Å². The largest absolute Gasteiger partial charge is 0.393 e. The van der Waals surface area contributed by atoms with Gasteiger partial charge in [-0.2, -0.15) is 0 Å². The molecule has 1 nitrogen and oxygen atoms in total. The number of aliphatic hydroxyl groups excluding tert-OH is 1. The minimum Gasteiger partial charge on any atom is -0.393 e. The van der Waals surface area contributed by atoms with E-state index in [1.54, 1.807) is 0 Å². The first-order valence-corrected chi connectivity index (χ1v) is 5.83. The Morgan fingerprint density at radius 1 is 1.31 bits per heavy atom. The second kappa shape index (κ2) is 4.99. The standard InChI is InChI=1S/C12H24O/c1-4-10-6-5-7-11(8-10)12(13)9(2)3/h9-13H,4-8H2,1-3H3. The maximum absolute atomic E-state index is 9.96. The van der Waals surface area contributed by atoms with Gasteiger partial charge in [0.25, 0.3) is 0 Å². The second-order valence-corrected chi connectivity index (χ2v) is 4.94. The van der Waals surface area contributed by atoms with Crippen molar-refractivity contribution in [1.29, 1.82) is 0 Å². The number of rotatable bonds is 3. The van der Waals surface area contributed by atoms with E-state index in [0.717, 1.165) is 5.92 Å².